The Morgan fingerprint density at radius 1 is 1.00 bits per heavy atom. The van der Waals surface area contributed by atoms with Gasteiger partial charge in [-0.15, -0.1) is 0 Å². The summed E-state index contributed by atoms with van der Waals surface area (Å²) in [6.45, 7) is 1.27. The molecule has 0 heterocycles. The van der Waals surface area contributed by atoms with Crippen LogP contribution in [0.1, 0.15) is 5.56 Å². The molecule has 3 aromatic rings. The van der Waals surface area contributed by atoms with Crippen LogP contribution in [0.25, 0.3) is 0 Å². The maximum atomic E-state index is 13.2. The smallest absolute Gasteiger partial charge is 0.271 e. The van der Waals surface area contributed by atoms with Gasteiger partial charge in [-0.1, -0.05) is 42.5 Å². The molecule has 30 heavy (non-hydrogen) atoms. The highest BCUT2D eigenvalue weighted by Gasteiger charge is 2.28. The number of amides is 1. The summed E-state index contributed by atoms with van der Waals surface area (Å²) in [6.07, 6.45) is 0. The van der Waals surface area contributed by atoms with Gasteiger partial charge in [-0.25, -0.2) is 8.42 Å². The first-order valence-corrected chi connectivity index (χ1v) is 10.4. The number of nitro groups is 1. The topological polar surface area (TPSA) is 110 Å². The van der Waals surface area contributed by atoms with Gasteiger partial charge in [0.15, 0.2) is 0 Å². The minimum absolute atomic E-state index is 0.0213. The number of hydrogen-bond acceptors (Lipinski definition) is 5. The predicted molar refractivity (Wildman–Crippen MR) is 114 cm³/mol. The lowest BCUT2D eigenvalue weighted by Gasteiger charge is -2.24. The third-order valence-electron chi connectivity index (χ3n) is 4.37. The van der Waals surface area contributed by atoms with Gasteiger partial charge in [-0.2, -0.15) is 0 Å². The van der Waals surface area contributed by atoms with Crippen molar-refractivity contribution in [2.24, 2.45) is 0 Å². The SMILES string of the molecule is Cc1ccccc1NC(=O)CN(c1cccc([N+](=O)[O-])c1)S(=O)(=O)c1ccccc1. The highest BCUT2D eigenvalue weighted by molar-refractivity contribution is 7.92. The van der Waals surface area contributed by atoms with E-state index in [1.807, 2.05) is 19.1 Å². The Morgan fingerprint density at radius 2 is 1.67 bits per heavy atom. The van der Waals surface area contributed by atoms with Gasteiger partial charge < -0.3 is 5.32 Å². The van der Waals surface area contributed by atoms with E-state index in [4.69, 9.17) is 0 Å². The van der Waals surface area contributed by atoms with Gasteiger partial charge in [0.2, 0.25) is 5.91 Å². The number of carbonyl (C=O) groups excluding carboxylic acids is 1. The Labute approximate surface area is 174 Å². The number of nitrogens with one attached hydrogen (secondary N) is 1. The van der Waals surface area contributed by atoms with Crippen molar-refractivity contribution < 1.29 is 18.1 Å². The van der Waals surface area contributed by atoms with Crippen LogP contribution in [0.15, 0.2) is 83.8 Å². The van der Waals surface area contributed by atoms with Gasteiger partial charge in [0, 0.05) is 17.8 Å². The van der Waals surface area contributed by atoms with Crippen molar-refractivity contribution in [3.05, 3.63) is 94.5 Å². The number of nitrogens with zero attached hydrogens (tertiary/aromatic N) is 2. The number of non-ortho nitro benzene ring substituents is 1. The van der Waals surface area contributed by atoms with Crippen LogP contribution in [0.2, 0.25) is 0 Å². The van der Waals surface area contributed by atoms with Crippen molar-refractivity contribution in [2.45, 2.75) is 11.8 Å². The molecule has 8 nitrogen and oxygen atoms in total. The monoisotopic (exact) mass is 425 g/mol. The summed E-state index contributed by atoms with van der Waals surface area (Å²) in [5.74, 6) is -0.574. The first-order chi connectivity index (χ1) is 14.3. The molecule has 0 spiro atoms. The second kappa shape index (κ2) is 8.75. The Hall–Kier alpha value is -3.72. The minimum Gasteiger partial charge on any atom is -0.324 e. The number of aryl methyl sites for hydroxylation is 1. The van der Waals surface area contributed by atoms with Crippen LogP contribution in [0.4, 0.5) is 17.1 Å². The van der Waals surface area contributed by atoms with Gasteiger partial charge in [0.1, 0.15) is 6.54 Å². The van der Waals surface area contributed by atoms with Crippen molar-refractivity contribution in [1.82, 2.24) is 0 Å². The number of rotatable bonds is 7. The summed E-state index contributed by atoms with van der Waals surface area (Å²) in [5.41, 5.74) is 1.12. The molecule has 3 aromatic carbocycles. The molecule has 0 aromatic heterocycles. The van der Waals surface area contributed by atoms with E-state index < -0.39 is 27.4 Å². The minimum atomic E-state index is -4.14. The summed E-state index contributed by atoms with van der Waals surface area (Å²) >= 11 is 0. The average Bonchev–Trinajstić information content (AvgIpc) is 2.74. The van der Waals surface area contributed by atoms with Crippen molar-refractivity contribution in [2.75, 3.05) is 16.2 Å². The number of hydrogen-bond donors (Lipinski definition) is 1. The van der Waals surface area contributed by atoms with E-state index in [1.165, 1.54) is 30.3 Å². The van der Waals surface area contributed by atoms with Crippen molar-refractivity contribution in [1.29, 1.82) is 0 Å². The zero-order chi connectivity index (χ0) is 21.7. The molecule has 0 radical (unpaired) electrons. The van der Waals surface area contributed by atoms with Crippen molar-refractivity contribution in [3.63, 3.8) is 0 Å². The maximum absolute atomic E-state index is 13.2. The van der Waals surface area contributed by atoms with Crippen LogP contribution in [0.3, 0.4) is 0 Å². The van der Waals surface area contributed by atoms with E-state index in [0.717, 1.165) is 15.9 Å². The Balaban J connectivity index is 2.00. The Morgan fingerprint density at radius 3 is 2.33 bits per heavy atom. The molecule has 0 bridgehead atoms. The number of nitro benzene ring substituents is 1. The third kappa shape index (κ3) is 4.64. The van der Waals surface area contributed by atoms with Gasteiger partial charge in [0.25, 0.3) is 15.7 Å². The third-order valence-corrected chi connectivity index (χ3v) is 6.15. The molecular formula is C21H19N3O5S. The Bertz CT molecular complexity index is 1180. The lowest BCUT2D eigenvalue weighted by atomic mass is 10.2. The first kappa shape index (κ1) is 21.0. The molecule has 154 valence electrons. The van der Waals surface area contributed by atoms with E-state index in [9.17, 15) is 23.3 Å². The van der Waals surface area contributed by atoms with E-state index in [-0.39, 0.29) is 16.3 Å². The largest absolute Gasteiger partial charge is 0.324 e. The number of para-hydroxylation sites is 1. The molecule has 1 amide bonds. The van der Waals surface area contributed by atoms with Gasteiger partial charge in [-0.05, 0) is 36.8 Å². The fraction of sp³-hybridized carbons (Fsp3) is 0.0952. The normalized spacial score (nSPS) is 11.0. The van der Waals surface area contributed by atoms with Crippen LogP contribution >= 0.6 is 0 Å². The maximum Gasteiger partial charge on any atom is 0.271 e. The lowest BCUT2D eigenvalue weighted by molar-refractivity contribution is -0.384. The van der Waals surface area contributed by atoms with E-state index >= 15 is 0 Å². The molecule has 0 fully saturated rings. The molecule has 0 aliphatic rings. The quantitative estimate of drug-likeness (QED) is 0.458. The fourth-order valence-corrected chi connectivity index (χ4v) is 4.26. The molecule has 0 saturated carbocycles. The summed E-state index contributed by atoms with van der Waals surface area (Å²) in [7, 11) is -4.14. The standard InChI is InChI=1S/C21H19N3O5S/c1-16-8-5-6-13-20(16)22-21(25)15-23(17-9-7-10-18(14-17)24(26)27)30(28,29)19-11-3-2-4-12-19/h2-14H,15H2,1H3,(H,22,25). The molecular weight excluding hydrogens is 406 g/mol. The van der Waals surface area contributed by atoms with Gasteiger partial charge in [-0.3, -0.25) is 19.2 Å². The Kier molecular flexibility index (Phi) is 6.12. The lowest BCUT2D eigenvalue weighted by Crippen LogP contribution is -2.38. The fourth-order valence-electron chi connectivity index (χ4n) is 2.83. The van der Waals surface area contributed by atoms with Crippen LogP contribution in [-0.4, -0.2) is 25.8 Å². The van der Waals surface area contributed by atoms with Crippen LogP contribution in [-0.2, 0) is 14.8 Å². The number of carbonyl (C=O) groups is 1. The number of anilines is 2. The summed E-state index contributed by atoms with van der Waals surface area (Å²) in [4.78, 5) is 23.2. The molecule has 0 unspecified atom stereocenters. The molecule has 1 N–H and O–H groups in total. The summed E-state index contributed by atoms with van der Waals surface area (Å²) in [5, 5.41) is 13.8. The zero-order valence-corrected chi connectivity index (χ0v) is 16.9. The van der Waals surface area contributed by atoms with Gasteiger partial charge >= 0.3 is 0 Å². The van der Waals surface area contributed by atoms with Gasteiger partial charge in [0.05, 0.1) is 15.5 Å². The van der Waals surface area contributed by atoms with E-state index in [1.54, 1.807) is 30.3 Å². The van der Waals surface area contributed by atoms with E-state index in [0.29, 0.717) is 5.69 Å². The highest BCUT2D eigenvalue weighted by atomic mass is 32.2. The van der Waals surface area contributed by atoms with Crippen LogP contribution in [0, 0.1) is 17.0 Å². The van der Waals surface area contributed by atoms with Crippen molar-refractivity contribution in [3.8, 4) is 0 Å². The highest BCUT2D eigenvalue weighted by Crippen LogP contribution is 2.27. The van der Waals surface area contributed by atoms with Crippen LogP contribution < -0.4 is 9.62 Å². The second-order valence-corrected chi connectivity index (χ2v) is 8.33. The average molecular weight is 425 g/mol. The summed E-state index contributed by atoms with van der Waals surface area (Å²) < 4.78 is 27.4. The first-order valence-electron chi connectivity index (χ1n) is 8.97. The number of benzene rings is 3. The molecule has 0 atom stereocenters. The second-order valence-electron chi connectivity index (χ2n) is 6.46. The zero-order valence-electron chi connectivity index (χ0n) is 16.1. The summed E-state index contributed by atoms with van der Waals surface area (Å²) in [6, 6.07) is 19.9. The number of sulfonamides is 1. The van der Waals surface area contributed by atoms with E-state index in [2.05, 4.69) is 5.32 Å². The molecule has 0 aliphatic heterocycles. The molecule has 3 rings (SSSR count). The van der Waals surface area contributed by atoms with Crippen molar-refractivity contribution >= 4 is 33.0 Å². The van der Waals surface area contributed by atoms with Crippen LogP contribution in [0.5, 0.6) is 0 Å². The molecule has 0 aliphatic carbocycles. The predicted octanol–water partition coefficient (Wildman–Crippen LogP) is 3.74. The molecule has 9 heteroatoms. The molecule has 0 saturated heterocycles.